The molecule has 66 valence electrons. The summed E-state index contributed by atoms with van der Waals surface area (Å²) in [6, 6.07) is 0. The van der Waals surface area contributed by atoms with Crippen molar-refractivity contribution in [2.24, 2.45) is 0 Å². The number of hydrogen-bond donors (Lipinski definition) is 2. The van der Waals surface area contributed by atoms with Gasteiger partial charge in [0.1, 0.15) is 6.23 Å². The molecule has 0 aromatic heterocycles. The summed E-state index contributed by atoms with van der Waals surface area (Å²) in [5, 5.41) is 3.27. The lowest BCUT2D eigenvalue weighted by molar-refractivity contribution is 0.0633. The second-order valence-corrected chi connectivity index (χ2v) is 3.58. The lowest BCUT2D eigenvalue weighted by Gasteiger charge is -2.17. The zero-order valence-electron chi connectivity index (χ0n) is 7.42. The normalized spacial score (nSPS) is 16.0. The van der Waals surface area contributed by atoms with Crippen LogP contribution in [0.15, 0.2) is 12.2 Å². The van der Waals surface area contributed by atoms with Crippen LogP contribution in [0.3, 0.4) is 0 Å². The minimum atomic E-state index is -0.0374. The van der Waals surface area contributed by atoms with Gasteiger partial charge in [-0.05, 0) is 19.5 Å². The third-order valence-corrected chi connectivity index (χ3v) is 1.36. The summed E-state index contributed by atoms with van der Waals surface area (Å²) in [4.78, 5) is 0. The maximum atomic E-state index is 5.43. The minimum absolute atomic E-state index is 0.0374. The second kappa shape index (κ2) is 5.63. The van der Waals surface area contributed by atoms with E-state index >= 15 is 0 Å². The van der Waals surface area contributed by atoms with Gasteiger partial charge in [0.2, 0.25) is 0 Å². The molecule has 11 heavy (non-hydrogen) atoms. The Bertz CT molecular complexity index is 125. The van der Waals surface area contributed by atoms with E-state index in [1.807, 2.05) is 20.9 Å². The van der Waals surface area contributed by atoms with Gasteiger partial charge in [0.05, 0.1) is 6.61 Å². The zero-order valence-corrected chi connectivity index (χ0v) is 8.32. The van der Waals surface area contributed by atoms with E-state index in [1.54, 1.807) is 0 Å². The van der Waals surface area contributed by atoms with E-state index in [1.165, 1.54) is 0 Å². The van der Waals surface area contributed by atoms with Crippen molar-refractivity contribution < 1.29 is 4.74 Å². The van der Waals surface area contributed by atoms with E-state index in [0.717, 1.165) is 5.57 Å². The van der Waals surface area contributed by atoms with Crippen LogP contribution in [0.5, 0.6) is 0 Å². The van der Waals surface area contributed by atoms with E-state index in [4.69, 9.17) is 4.74 Å². The maximum absolute atomic E-state index is 5.43. The standard InChI is InChI=1S/C8H17NOS/c1-6(2)8(9-4)10-5-7(3)11/h7-9,11H,1,5H2,2-4H3. The molecule has 0 aromatic rings. The smallest absolute Gasteiger partial charge is 0.129 e. The molecule has 0 aliphatic heterocycles. The van der Waals surface area contributed by atoms with Crippen LogP contribution >= 0.6 is 12.6 Å². The molecular weight excluding hydrogens is 158 g/mol. The van der Waals surface area contributed by atoms with Gasteiger partial charge in [-0.2, -0.15) is 12.6 Å². The fraction of sp³-hybridized carbons (Fsp3) is 0.750. The highest BCUT2D eigenvalue weighted by Crippen LogP contribution is 2.02. The lowest BCUT2D eigenvalue weighted by Crippen LogP contribution is -2.30. The Balaban J connectivity index is 3.61. The summed E-state index contributed by atoms with van der Waals surface area (Å²) in [5.74, 6) is 0. The third kappa shape index (κ3) is 5.30. The van der Waals surface area contributed by atoms with Crippen molar-refractivity contribution in [2.75, 3.05) is 13.7 Å². The van der Waals surface area contributed by atoms with E-state index in [2.05, 4.69) is 24.5 Å². The Morgan fingerprint density at radius 2 is 2.27 bits per heavy atom. The van der Waals surface area contributed by atoms with E-state index in [-0.39, 0.29) is 11.5 Å². The van der Waals surface area contributed by atoms with Crippen molar-refractivity contribution in [3.05, 3.63) is 12.2 Å². The number of nitrogens with one attached hydrogen (secondary N) is 1. The molecule has 3 heteroatoms. The summed E-state index contributed by atoms with van der Waals surface area (Å²) in [6.45, 7) is 8.36. The molecule has 0 amide bonds. The molecule has 2 atom stereocenters. The Morgan fingerprint density at radius 1 is 1.73 bits per heavy atom. The molecule has 0 bridgehead atoms. The molecule has 0 fully saturated rings. The molecule has 0 saturated carbocycles. The Kier molecular flexibility index (Phi) is 5.64. The number of likely N-dealkylation sites (N-methyl/N-ethyl adjacent to an activating group) is 1. The number of hydrogen-bond acceptors (Lipinski definition) is 3. The molecule has 0 rings (SSSR count). The van der Waals surface area contributed by atoms with E-state index < -0.39 is 0 Å². The molecular formula is C8H17NOS. The van der Waals surface area contributed by atoms with Gasteiger partial charge >= 0.3 is 0 Å². The van der Waals surface area contributed by atoms with Crippen LogP contribution in [0.2, 0.25) is 0 Å². The van der Waals surface area contributed by atoms with Gasteiger partial charge in [-0.25, -0.2) is 0 Å². The Morgan fingerprint density at radius 3 is 2.55 bits per heavy atom. The highest BCUT2D eigenvalue weighted by molar-refractivity contribution is 7.80. The van der Waals surface area contributed by atoms with Crippen molar-refractivity contribution >= 4 is 12.6 Å². The molecule has 2 unspecified atom stereocenters. The molecule has 2 nitrogen and oxygen atoms in total. The van der Waals surface area contributed by atoms with Crippen LogP contribution in [0, 0.1) is 0 Å². The largest absolute Gasteiger partial charge is 0.358 e. The fourth-order valence-electron chi connectivity index (χ4n) is 0.707. The number of ether oxygens (including phenoxy) is 1. The predicted molar refractivity (Wildman–Crippen MR) is 52.1 cm³/mol. The molecule has 0 heterocycles. The van der Waals surface area contributed by atoms with Gasteiger partial charge in [0, 0.05) is 5.25 Å². The topological polar surface area (TPSA) is 21.3 Å². The van der Waals surface area contributed by atoms with Crippen molar-refractivity contribution in [2.45, 2.75) is 25.3 Å². The van der Waals surface area contributed by atoms with Gasteiger partial charge in [0.15, 0.2) is 0 Å². The minimum Gasteiger partial charge on any atom is -0.358 e. The Hall–Kier alpha value is 0.0100. The first kappa shape index (κ1) is 11.0. The first-order valence-corrected chi connectivity index (χ1v) is 4.22. The van der Waals surface area contributed by atoms with Gasteiger partial charge in [-0.1, -0.05) is 13.5 Å². The van der Waals surface area contributed by atoms with Crippen LogP contribution in [0.4, 0.5) is 0 Å². The van der Waals surface area contributed by atoms with Gasteiger partial charge in [0.25, 0.3) is 0 Å². The predicted octanol–water partition coefficient (Wildman–Crippen LogP) is 1.44. The lowest BCUT2D eigenvalue weighted by atomic mass is 10.3. The van der Waals surface area contributed by atoms with Gasteiger partial charge in [-0.15, -0.1) is 0 Å². The molecule has 0 aliphatic rings. The van der Waals surface area contributed by atoms with Crippen LogP contribution in [0.25, 0.3) is 0 Å². The summed E-state index contributed by atoms with van der Waals surface area (Å²) in [7, 11) is 1.85. The van der Waals surface area contributed by atoms with Crippen molar-refractivity contribution in [1.82, 2.24) is 5.32 Å². The fourth-order valence-corrected chi connectivity index (χ4v) is 0.794. The maximum Gasteiger partial charge on any atom is 0.129 e. The average Bonchev–Trinajstić information content (AvgIpc) is 1.87. The first-order valence-electron chi connectivity index (χ1n) is 3.70. The molecule has 0 aliphatic carbocycles. The average molecular weight is 175 g/mol. The van der Waals surface area contributed by atoms with Gasteiger partial charge < -0.3 is 4.74 Å². The zero-order chi connectivity index (χ0) is 8.85. The number of thiol groups is 1. The quantitative estimate of drug-likeness (QED) is 0.375. The van der Waals surface area contributed by atoms with Crippen molar-refractivity contribution in [1.29, 1.82) is 0 Å². The summed E-state index contributed by atoms with van der Waals surface area (Å²) >= 11 is 4.20. The summed E-state index contributed by atoms with van der Waals surface area (Å²) in [5.41, 5.74) is 0.987. The van der Waals surface area contributed by atoms with Crippen LogP contribution < -0.4 is 5.32 Å². The van der Waals surface area contributed by atoms with Gasteiger partial charge in [-0.3, -0.25) is 5.32 Å². The third-order valence-electron chi connectivity index (χ3n) is 1.21. The van der Waals surface area contributed by atoms with E-state index in [0.29, 0.717) is 6.61 Å². The van der Waals surface area contributed by atoms with Crippen molar-refractivity contribution in [3.63, 3.8) is 0 Å². The summed E-state index contributed by atoms with van der Waals surface area (Å²) < 4.78 is 5.43. The van der Waals surface area contributed by atoms with Crippen molar-refractivity contribution in [3.8, 4) is 0 Å². The van der Waals surface area contributed by atoms with Crippen LogP contribution in [-0.4, -0.2) is 25.1 Å². The highest BCUT2D eigenvalue weighted by Gasteiger charge is 2.06. The first-order chi connectivity index (χ1) is 5.07. The monoisotopic (exact) mass is 175 g/mol. The highest BCUT2D eigenvalue weighted by atomic mass is 32.1. The molecule has 1 N–H and O–H groups in total. The molecule has 0 aromatic carbocycles. The Labute approximate surface area is 74.4 Å². The molecule has 0 radical (unpaired) electrons. The molecule has 0 spiro atoms. The second-order valence-electron chi connectivity index (χ2n) is 2.70. The van der Waals surface area contributed by atoms with Crippen LogP contribution in [-0.2, 0) is 4.74 Å². The SMILES string of the molecule is C=C(C)C(NC)OCC(C)S. The van der Waals surface area contributed by atoms with Crippen LogP contribution in [0.1, 0.15) is 13.8 Å². The summed E-state index contributed by atoms with van der Waals surface area (Å²) in [6.07, 6.45) is -0.0374. The molecule has 0 saturated heterocycles. The number of rotatable bonds is 5. The van der Waals surface area contributed by atoms with E-state index in [9.17, 15) is 0 Å².